The van der Waals surface area contributed by atoms with Crippen LogP contribution in [0.15, 0.2) is 6.33 Å². The van der Waals surface area contributed by atoms with E-state index in [1.54, 1.807) is 6.33 Å². The third kappa shape index (κ3) is 4.03. The van der Waals surface area contributed by atoms with Gasteiger partial charge in [-0.1, -0.05) is 0 Å². The summed E-state index contributed by atoms with van der Waals surface area (Å²) in [7, 11) is -2.96. The van der Waals surface area contributed by atoms with Gasteiger partial charge in [-0.3, -0.25) is 10.1 Å². The highest BCUT2D eigenvalue weighted by Crippen LogP contribution is 2.11. The molecule has 0 aliphatic carbocycles. The number of carbonyl (C=O) groups excluding carboxylic acids is 1. The smallest absolute Gasteiger partial charge is 0.237 e. The third-order valence-corrected chi connectivity index (χ3v) is 4.07. The number of rotatable bonds is 5. The van der Waals surface area contributed by atoms with E-state index in [9.17, 15) is 13.2 Å². The number of sulfone groups is 1. The van der Waals surface area contributed by atoms with Gasteiger partial charge in [0.25, 0.3) is 0 Å². The van der Waals surface area contributed by atoms with Crippen molar-refractivity contribution in [2.24, 2.45) is 0 Å². The summed E-state index contributed by atoms with van der Waals surface area (Å²) < 4.78 is 21.9. The third-order valence-electron chi connectivity index (χ3n) is 3.04. The second-order valence-corrected chi connectivity index (χ2v) is 7.00. The largest absolute Gasteiger partial charge is 0.355 e. The summed E-state index contributed by atoms with van der Waals surface area (Å²) in [5.41, 5.74) is 1.93. The van der Waals surface area contributed by atoms with E-state index < -0.39 is 9.84 Å². The highest BCUT2D eigenvalue weighted by atomic mass is 32.2. The Morgan fingerprint density at radius 3 is 3.11 bits per heavy atom. The lowest BCUT2D eigenvalue weighted by molar-refractivity contribution is -0.123. The van der Waals surface area contributed by atoms with Gasteiger partial charge in [-0.2, -0.15) is 0 Å². The van der Waals surface area contributed by atoms with Gasteiger partial charge in [0.2, 0.25) is 5.91 Å². The van der Waals surface area contributed by atoms with E-state index in [1.807, 2.05) is 0 Å². The number of carbonyl (C=O) groups is 1. The topological polar surface area (TPSA) is 104 Å². The van der Waals surface area contributed by atoms with Gasteiger partial charge in [0.05, 0.1) is 29.5 Å². The Kier molecular flexibility index (Phi) is 4.20. The van der Waals surface area contributed by atoms with Crippen molar-refractivity contribution >= 4 is 15.7 Å². The second-order valence-electron chi connectivity index (χ2n) is 4.74. The maximum atomic E-state index is 11.9. The molecular formula is C11H18N4O3S. The predicted octanol–water partition coefficient (Wildman–Crippen LogP) is -1.03. The zero-order chi connectivity index (χ0) is 13.9. The van der Waals surface area contributed by atoms with Crippen LogP contribution in [-0.2, 0) is 27.6 Å². The summed E-state index contributed by atoms with van der Waals surface area (Å²) in [5, 5.41) is 5.86. The summed E-state index contributed by atoms with van der Waals surface area (Å²) in [4.78, 5) is 19.1. The molecule has 2 heterocycles. The number of hydrogen-bond acceptors (Lipinski definition) is 5. The van der Waals surface area contributed by atoms with Crippen molar-refractivity contribution in [3.8, 4) is 0 Å². The summed E-state index contributed by atoms with van der Waals surface area (Å²) in [6.45, 7) is 0.967. The fourth-order valence-electron chi connectivity index (χ4n) is 2.02. The summed E-state index contributed by atoms with van der Waals surface area (Å²) in [6.07, 6.45) is 3.80. The van der Waals surface area contributed by atoms with Gasteiger partial charge in [0.15, 0.2) is 0 Å². The van der Waals surface area contributed by atoms with Gasteiger partial charge >= 0.3 is 0 Å². The zero-order valence-electron chi connectivity index (χ0n) is 10.8. The van der Waals surface area contributed by atoms with Crippen molar-refractivity contribution in [2.45, 2.75) is 25.4 Å². The van der Waals surface area contributed by atoms with Gasteiger partial charge in [0, 0.05) is 25.8 Å². The van der Waals surface area contributed by atoms with Crippen LogP contribution in [0, 0.1) is 0 Å². The molecule has 1 aromatic rings. The first-order valence-corrected chi connectivity index (χ1v) is 8.22. The number of amides is 1. The first-order chi connectivity index (χ1) is 8.96. The van der Waals surface area contributed by atoms with Gasteiger partial charge in [-0.25, -0.2) is 13.4 Å². The fourth-order valence-corrected chi connectivity index (χ4v) is 2.69. The van der Waals surface area contributed by atoms with E-state index in [0.717, 1.165) is 11.4 Å². The molecule has 1 amide bonds. The quantitative estimate of drug-likeness (QED) is 0.601. The second kappa shape index (κ2) is 5.70. The molecule has 3 N–H and O–H groups in total. The van der Waals surface area contributed by atoms with Gasteiger partial charge in [-0.05, 0) is 6.42 Å². The summed E-state index contributed by atoms with van der Waals surface area (Å²) in [6, 6.07) is -0.297. The Morgan fingerprint density at radius 2 is 2.37 bits per heavy atom. The molecule has 1 aliphatic rings. The Balaban J connectivity index is 1.76. The average molecular weight is 286 g/mol. The molecular weight excluding hydrogens is 268 g/mol. The number of imidazole rings is 1. The van der Waals surface area contributed by atoms with Gasteiger partial charge in [0.1, 0.15) is 9.84 Å². The van der Waals surface area contributed by atoms with Crippen LogP contribution in [-0.4, -0.2) is 48.9 Å². The molecule has 7 nitrogen and oxygen atoms in total. The first-order valence-electron chi connectivity index (χ1n) is 6.15. The van der Waals surface area contributed by atoms with Crippen LogP contribution in [0.4, 0.5) is 0 Å². The highest BCUT2D eigenvalue weighted by molar-refractivity contribution is 7.90. The van der Waals surface area contributed by atoms with Crippen LogP contribution in [0.2, 0.25) is 0 Å². The maximum absolute atomic E-state index is 11.9. The maximum Gasteiger partial charge on any atom is 0.237 e. The van der Waals surface area contributed by atoms with Crippen LogP contribution in [0.5, 0.6) is 0 Å². The molecule has 19 heavy (non-hydrogen) atoms. The lowest BCUT2D eigenvalue weighted by atomic mass is 10.0. The minimum absolute atomic E-state index is 0.0922. The molecule has 0 fully saturated rings. The number of nitrogens with zero attached hydrogens (tertiary/aromatic N) is 1. The van der Waals surface area contributed by atoms with E-state index in [0.29, 0.717) is 25.9 Å². The molecule has 8 heteroatoms. The van der Waals surface area contributed by atoms with Crippen molar-refractivity contribution in [1.82, 2.24) is 20.6 Å². The lowest BCUT2D eigenvalue weighted by Gasteiger charge is -2.22. The summed E-state index contributed by atoms with van der Waals surface area (Å²) >= 11 is 0. The van der Waals surface area contributed by atoms with Crippen LogP contribution in [0.25, 0.3) is 0 Å². The molecule has 106 valence electrons. The van der Waals surface area contributed by atoms with Crippen molar-refractivity contribution in [3.63, 3.8) is 0 Å². The van der Waals surface area contributed by atoms with Crippen LogP contribution in [0.1, 0.15) is 17.8 Å². The number of hydrogen-bond donors (Lipinski definition) is 3. The Bertz CT molecular complexity index is 552. The van der Waals surface area contributed by atoms with E-state index in [-0.39, 0.29) is 17.7 Å². The molecule has 2 rings (SSSR count). The molecule has 1 unspecified atom stereocenters. The van der Waals surface area contributed by atoms with E-state index in [1.165, 1.54) is 6.26 Å². The Labute approximate surface area is 112 Å². The highest BCUT2D eigenvalue weighted by Gasteiger charge is 2.25. The Hall–Kier alpha value is -1.41. The Morgan fingerprint density at radius 1 is 1.58 bits per heavy atom. The molecule has 0 radical (unpaired) electrons. The van der Waals surface area contributed by atoms with Crippen LogP contribution < -0.4 is 10.6 Å². The molecule has 0 saturated carbocycles. The number of aromatic nitrogens is 2. The van der Waals surface area contributed by atoms with Crippen molar-refractivity contribution in [2.75, 3.05) is 18.6 Å². The minimum atomic E-state index is -2.96. The van der Waals surface area contributed by atoms with Crippen molar-refractivity contribution < 1.29 is 13.2 Å². The lowest BCUT2D eigenvalue weighted by Crippen LogP contribution is -2.48. The molecule has 0 spiro atoms. The molecule has 0 saturated heterocycles. The number of fused-ring (bicyclic) bond motifs is 1. The molecule has 1 aliphatic heterocycles. The molecule has 1 atom stereocenters. The number of H-pyrrole nitrogens is 1. The standard InChI is InChI=1S/C11H18N4O3S/c1-19(17,18)4-2-3-12-11(16)9-5-8-10(6-13-9)15-7-14-8/h7,9,13H,2-6H2,1H3,(H,12,16)(H,14,15). The normalized spacial score (nSPS) is 18.9. The number of nitrogens with one attached hydrogen (secondary N) is 3. The van der Waals surface area contributed by atoms with Gasteiger partial charge < -0.3 is 10.3 Å². The van der Waals surface area contributed by atoms with Crippen LogP contribution >= 0.6 is 0 Å². The van der Waals surface area contributed by atoms with Gasteiger partial charge in [-0.15, -0.1) is 0 Å². The van der Waals surface area contributed by atoms with Crippen LogP contribution in [0.3, 0.4) is 0 Å². The number of aromatic amines is 1. The molecule has 0 aromatic carbocycles. The minimum Gasteiger partial charge on any atom is -0.355 e. The average Bonchev–Trinajstić information content (AvgIpc) is 2.80. The zero-order valence-corrected chi connectivity index (χ0v) is 11.6. The molecule has 1 aromatic heterocycles. The van der Waals surface area contributed by atoms with E-state index in [4.69, 9.17) is 0 Å². The summed E-state index contributed by atoms with van der Waals surface area (Å²) in [5.74, 6) is -0.0170. The first kappa shape index (κ1) is 14.0. The predicted molar refractivity (Wildman–Crippen MR) is 70.3 cm³/mol. The monoisotopic (exact) mass is 286 g/mol. The van der Waals surface area contributed by atoms with Crippen molar-refractivity contribution in [3.05, 3.63) is 17.7 Å². The van der Waals surface area contributed by atoms with Crippen molar-refractivity contribution in [1.29, 1.82) is 0 Å². The SMILES string of the molecule is CS(=O)(=O)CCCNC(=O)C1Cc2nc[nH]c2CN1. The van der Waals surface area contributed by atoms with E-state index in [2.05, 4.69) is 20.6 Å². The van der Waals surface area contributed by atoms with E-state index >= 15 is 0 Å². The molecule has 0 bridgehead atoms. The fraction of sp³-hybridized carbons (Fsp3) is 0.636.